The molecule has 1 N–H and O–H groups in total. The van der Waals surface area contributed by atoms with E-state index >= 15 is 0 Å². The Labute approximate surface area is 62.0 Å². The Morgan fingerprint density at radius 2 is 2.10 bits per heavy atom. The third kappa shape index (κ3) is 2.10. The second-order valence-electron chi connectivity index (χ2n) is 3.04. The lowest BCUT2D eigenvalue weighted by atomic mass is 9.88. The molecule has 0 heterocycles. The summed E-state index contributed by atoms with van der Waals surface area (Å²) in [4.78, 5) is 10.8. The normalized spacial score (nSPS) is 21.5. The number of hydrogen-bond donors (Lipinski definition) is 1. The van der Waals surface area contributed by atoms with Gasteiger partial charge in [0.05, 0.1) is 0 Å². The monoisotopic (exact) mass is 141 g/mol. The van der Waals surface area contributed by atoms with Gasteiger partial charge in [0.1, 0.15) is 5.78 Å². The number of hydrogen-bond acceptors (Lipinski definition) is 2. The van der Waals surface area contributed by atoms with E-state index in [4.69, 9.17) is 0 Å². The Bertz CT molecular complexity index is 112. The van der Waals surface area contributed by atoms with Gasteiger partial charge in [0.25, 0.3) is 0 Å². The highest BCUT2D eigenvalue weighted by Gasteiger charge is 2.17. The minimum absolute atomic E-state index is 0.451. The summed E-state index contributed by atoms with van der Waals surface area (Å²) in [5.74, 6) is 1.20. The molecule has 1 fully saturated rings. The van der Waals surface area contributed by atoms with Crippen LogP contribution in [0.5, 0.6) is 0 Å². The molecular weight excluding hydrogens is 126 g/mol. The van der Waals surface area contributed by atoms with Crippen LogP contribution < -0.4 is 5.32 Å². The van der Waals surface area contributed by atoms with Gasteiger partial charge in [-0.2, -0.15) is 0 Å². The Morgan fingerprint density at radius 3 is 2.60 bits per heavy atom. The van der Waals surface area contributed by atoms with Crippen LogP contribution in [0, 0.1) is 5.92 Å². The summed E-state index contributed by atoms with van der Waals surface area (Å²) in [6.45, 7) is 1.08. The van der Waals surface area contributed by atoms with E-state index in [2.05, 4.69) is 5.32 Å². The zero-order valence-corrected chi connectivity index (χ0v) is 6.52. The zero-order valence-electron chi connectivity index (χ0n) is 6.52. The van der Waals surface area contributed by atoms with Gasteiger partial charge >= 0.3 is 0 Å². The molecule has 0 aromatic heterocycles. The first-order chi connectivity index (χ1) is 4.83. The van der Waals surface area contributed by atoms with Crippen LogP contribution in [0.25, 0.3) is 0 Å². The fourth-order valence-corrected chi connectivity index (χ4v) is 1.49. The summed E-state index contributed by atoms with van der Waals surface area (Å²) in [6.07, 6.45) is 3.82. The highest BCUT2D eigenvalue weighted by molar-refractivity contribution is 5.79. The van der Waals surface area contributed by atoms with Gasteiger partial charge in [-0.25, -0.2) is 0 Å². The van der Waals surface area contributed by atoms with Gasteiger partial charge < -0.3 is 5.32 Å². The molecule has 2 heteroatoms. The zero-order chi connectivity index (χ0) is 7.40. The van der Waals surface area contributed by atoms with E-state index in [1.165, 1.54) is 0 Å². The maximum atomic E-state index is 10.8. The second-order valence-corrected chi connectivity index (χ2v) is 3.04. The number of nitrogens with one attached hydrogen (secondary N) is 1. The summed E-state index contributed by atoms with van der Waals surface area (Å²) in [6, 6.07) is 0. The van der Waals surface area contributed by atoms with Gasteiger partial charge in [0.15, 0.2) is 0 Å². The molecule has 0 aliphatic heterocycles. The number of carbonyl (C=O) groups is 1. The fraction of sp³-hybridized carbons (Fsp3) is 0.875. The molecule has 0 amide bonds. The summed E-state index contributed by atoms with van der Waals surface area (Å²) >= 11 is 0. The molecule has 0 spiro atoms. The third-order valence-electron chi connectivity index (χ3n) is 2.16. The number of Topliss-reactive ketones (excluding diaryl/α,β-unsaturated/α-hetero) is 1. The van der Waals surface area contributed by atoms with Crippen LogP contribution in [0.4, 0.5) is 0 Å². The van der Waals surface area contributed by atoms with Crippen molar-refractivity contribution in [3.05, 3.63) is 0 Å². The molecule has 0 bridgehead atoms. The van der Waals surface area contributed by atoms with Gasteiger partial charge in [0, 0.05) is 12.8 Å². The van der Waals surface area contributed by atoms with Crippen LogP contribution in [0.2, 0.25) is 0 Å². The molecule has 0 radical (unpaired) electrons. The van der Waals surface area contributed by atoms with Crippen molar-refractivity contribution in [3.63, 3.8) is 0 Å². The first kappa shape index (κ1) is 7.73. The van der Waals surface area contributed by atoms with Crippen molar-refractivity contribution >= 4 is 5.78 Å². The van der Waals surface area contributed by atoms with Crippen molar-refractivity contribution < 1.29 is 4.79 Å². The van der Waals surface area contributed by atoms with Crippen molar-refractivity contribution in [1.29, 1.82) is 0 Å². The maximum Gasteiger partial charge on any atom is 0.132 e. The molecular formula is C8H15NO. The van der Waals surface area contributed by atoms with E-state index in [9.17, 15) is 4.79 Å². The fourth-order valence-electron chi connectivity index (χ4n) is 1.49. The summed E-state index contributed by atoms with van der Waals surface area (Å²) in [5, 5.41) is 3.14. The predicted molar refractivity (Wildman–Crippen MR) is 40.9 cm³/mol. The Balaban J connectivity index is 2.19. The standard InChI is InChI=1S/C8H15NO/c1-9-6-7-2-4-8(10)5-3-7/h7,9H,2-6H2,1H3. The van der Waals surface area contributed by atoms with Crippen molar-refractivity contribution in [2.45, 2.75) is 25.7 Å². The first-order valence-corrected chi connectivity index (χ1v) is 3.99. The molecule has 0 aromatic carbocycles. The number of carbonyl (C=O) groups excluding carboxylic acids is 1. The predicted octanol–water partition coefficient (Wildman–Crippen LogP) is 0.965. The van der Waals surface area contributed by atoms with Crippen LogP contribution in [-0.2, 0) is 4.79 Å². The molecule has 10 heavy (non-hydrogen) atoms. The Kier molecular flexibility index (Phi) is 2.87. The van der Waals surface area contributed by atoms with Crippen molar-refractivity contribution in [2.75, 3.05) is 13.6 Å². The van der Waals surface area contributed by atoms with Crippen LogP contribution in [0.1, 0.15) is 25.7 Å². The van der Waals surface area contributed by atoms with Crippen molar-refractivity contribution in [3.8, 4) is 0 Å². The van der Waals surface area contributed by atoms with E-state index < -0.39 is 0 Å². The van der Waals surface area contributed by atoms with Gasteiger partial charge in [-0.1, -0.05) is 0 Å². The number of ketones is 1. The average molecular weight is 141 g/mol. The minimum atomic E-state index is 0.451. The summed E-state index contributed by atoms with van der Waals surface area (Å²) in [7, 11) is 1.97. The van der Waals surface area contributed by atoms with Crippen LogP contribution in [0.15, 0.2) is 0 Å². The van der Waals surface area contributed by atoms with Crippen LogP contribution in [-0.4, -0.2) is 19.4 Å². The van der Waals surface area contributed by atoms with E-state index in [-0.39, 0.29) is 0 Å². The molecule has 2 nitrogen and oxygen atoms in total. The van der Waals surface area contributed by atoms with Gasteiger partial charge in [-0.15, -0.1) is 0 Å². The van der Waals surface area contributed by atoms with E-state index in [1.807, 2.05) is 7.05 Å². The van der Waals surface area contributed by atoms with E-state index in [1.54, 1.807) is 0 Å². The summed E-state index contributed by atoms with van der Waals surface area (Å²) in [5.41, 5.74) is 0. The smallest absolute Gasteiger partial charge is 0.132 e. The molecule has 0 unspecified atom stereocenters. The first-order valence-electron chi connectivity index (χ1n) is 3.99. The molecule has 0 aromatic rings. The van der Waals surface area contributed by atoms with Crippen molar-refractivity contribution in [2.24, 2.45) is 5.92 Å². The lowest BCUT2D eigenvalue weighted by Gasteiger charge is -2.19. The second kappa shape index (κ2) is 3.71. The van der Waals surface area contributed by atoms with Gasteiger partial charge in [-0.05, 0) is 32.4 Å². The maximum absolute atomic E-state index is 10.8. The molecule has 0 atom stereocenters. The molecule has 58 valence electrons. The average Bonchev–Trinajstić information content (AvgIpc) is 1.95. The van der Waals surface area contributed by atoms with Crippen molar-refractivity contribution in [1.82, 2.24) is 5.32 Å². The lowest BCUT2D eigenvalue weighted by Crippen LogP contribution is -2.23. The topological polar surface area (TPSA) is 29.1 Å². The molecule has 1 aliphatic rings. The highest BCUT2D eigenvalue weighted by Crippen LogP contribution is 2.20. The van der Waals surface area contributed by atoms with Gasteiger partial charge in [-0.3, -0.25) is 4.79 Å². The SMILES string of the molecule is CNCC1CCC(=O)CC1. The Hall–Kier alpha value is -0.370. The molecule has 1 rings (SSSR count). The third-order valence-corrected chi connectivity index (χ3v) is 2.16. The lowest BCUT2D eigenvalue weighted by molar-refractivity contribution is -0.120. The molecule has 1 saturated carbocycles. The Morgan fingerprint density at radius 1 is 1.50 bits per heavy atom. The molecule has 1 aliphatic carbocycles. The van der Waals surface area contributed by atoms with Crippen LogP contribution in [0.3, 0.4) is 0 Å². The quantitative estimate of drug-likeness (QED) is 0.620. The minimum Gasteiger partial charge on any atom is -0.319 e. The van der Waals surface area contributed by atoms with E-state index in [0.29, 0.717) is 5.78 Å². The summed E-state index contributed by atoms with van der Waals surface area (Å²) < 4.78 is 0. The highest BCUT2D eigenvalue weighted by atomic mass is 16.1. The van der Waals surface area contributed by atoms with Gasteiger partial charge in [0.2, 0.25) is 0 Å². The van der Waals surface area contributed by atoms with Crippen LogP contribution >= 0.6 is 0 Å². The largest absolute Gasteiger partial charge is 0.319 e. The van der Waals surface area contributed by atoms with E-state index in [0.717, 1.165) is 38.1 Å². The molecule has 0 saturated heterocycles. The number of rotatable bonds is 2.